The van der Waals surface area contributed by atoms with Crippen LogP contribution in [0.3, 0.4) is 0 Å². The van der Waals surface area contributed by atoms with Crippen LogP contribution in [-0.4, -0.2) is 29.9 Å². The Morgan fingerprint density at radius 3 is 2.47 bits per heavy atom. The summed E-state index contributed by atoms with van der Waals surface area (Å²) in [5, 5.41) is 12.9. The van der Waals surface area contributed by atoms with Gasteiger partial charge in [0.05, 0.1) is 12.1 Å². The summed E-state index contributed by atoms with van der Waals surface area (Å²) in [4.78, 5) is 0. The van der Waals surface area contributed by atoms with E-state index in [1.54, 1.807) is 0 Å². The van der Waals surface area contributed by atoms with Crippen LogP contribution in [0.25, 0.3) is 0 Å². The van der Waals surface area contributed by atoms with Crippen molar-refractivity contribution in [3.63, 3.8) is 0 Å². The summed E-state index contributed by atoms with van der Waals surface area (Å²) in [7, 11) is 0. The van der Waals surface area contributed by atoms with E-state index in [4.69, 9.17) is 4.74 Å². The largest absolute Gasteiger partial charge is 0.492 e. The van der Waals surface area contributed by atoms with Crippen molar-refractivity contribution in [2.75, 3.05) is 13.2 Å². The number of rotatable bonds is 7. The summed E-state index contributed by atoms with van der Waals surface area (Å²) < 4.78 is 5.83. The molecule has 108 valence electrons. The molecule has 0 heterocycles. The number of nitrogens with one attached hydrogen (secondary N) is 1. The minimum Gasteiger partial charge on any atom is -0.492 e. The van der Waals surface area contributed by atoms with Gasteiger partial charge in [-0.05, 0) is 30.5 Å². The van der Waals surface area contributed by atoms with Crippen molar-refractivity contribution in [1.29, 1.82) is 0 Å². The van der Waals surface area contributed by atoms with E-state index in [9.17, 15) is 5.11 Å². The molecular formula is C16H27NO2. The predicted molar refractivity (Wildman–Crippen MR) is 79.8 cm³/mol. The average molecular weight is 265 g/mol. The summed E-state index contributed by atoms with van der Waals surface area (Å²) in [5.41, 5.74) is 0.849. The van der Waals surface area contributed by atoms with Gasteiger partial charge in [-0.3, -0.25) is 0 Å². The Morgan fingerprint density at radius 1 is 1.26 bits per heavy atom. The van der Waals surface area contributed by atoms with Crippen LogP contribution in [0.1, 0.15) is 46.1 Å². The highest BCUT2D eigenvalue weighted by Crippen LogP contribution is 2.21. The molecule has 0 saturated carbocycles. The lowest BCUT2D eigenvalue weighted by atomic mass is 10.0. The molecule has 2 N–H and O–H groups in total. The van der Waals surface area contributed by atoms with E-state index < -0.39 is 5.54 Å². The van der Waals surface area contributed by atoms with Crippen molar-refractivity contribution in [3.8, 4) is 5.75 Å². The highest BCUT2D eigenvalue weighted by molar-refractivity contribution is 5.30. The molecule has 0 aliphatic carbocycles. The minimum atomic E-state index is -0.415. The zero-order valence-corrected chi connectivity index (χ0v) is 12.7. The Labute approximate surface area is 117 Å². The summed E-state index contributed by atoms with van der Waals surface area (Å²) >= 11 is 0. The van der Waals surface area contributed by atoms with Gasteiger partial charge in [-0.1, -0.05) is 39.8 Å². The number of aliphatic hydroxyl groups is 1. The smallest absolute Gasteiger partial charge is 0.119 e. The third-order valence-electron chi connectivity index (χ3n) is 3.07. The zero-order chi connectivity index (χ0) is 14.5. The fraction of sp³-hybridized carbons (Fsp3) is 0.625. The second-order valence-corrected chi connectivity index (χ2v) is 6.03. The van der Waals surface area contributed by atoms with Gasteiger partial charge in [0, 0.05) is 6.04 Å². The van der Waals surface area contributed by atoms with Gasteiger partial charge in [0.25, 0.3) is 0 Å². The number of hydrogen-bond donors (Lipinski definition) is 2. The predicted octanol–water partition coefficient (Wildman–Crippen LogP) is 2.94. The molecule has 0 radical (unpaired) electrons. The molecule has 0 fully saturated rings. The van der Waals surface area contributed by atoms with Gasteiger partial charge in [0.1, 0.15) is 12.4 Å². The first kappa shape index (κ1) is 16.0. The molecular weight excluding hydrogens is 238 g/mol. The quantitative estimate of drug-likeness (QED) is 0.796. The lowest BCUT2D eigenvalue weighted by Gasteiger charge is -2.31. The van der Waals surface area contributed by atoms with E-state index in [1.807, 2.05) is 19.1 Å². The van der Waals surface area contributed by atoms with E-state index in [1.165, 1.54) is 5.56 Å². The standard InChI is InChI=1S/C16H27NO2/c1-12(2)14-7-6-8-15(9-14)19-11-16(5,10-18)17-13(3)4/h6-9,12-13,17-18H,10-11H2,1-5H3. The van der Waals surface area contributed by atoms with Crippen molar-refractivity contribution >= 4 is 0 Å². The van der Waals surface area contributed by atoms with Crippen molar-refractivity contribution in [1.82, 2.24) is 5.32 Å². The Kier molecular flexibility index (Phi) is 5.83. The molecule has 1 atom stereocenters. The lowest BCUT2D eigenvalue weighted by Crippen LogP contribution is -2.53. The summed E-state index contributed by atoms with van der Waals surface area (Å²) in [5.74, 6) is 1.35. The van der Waals surface area contributed by atoms with Gasteiger partial charge < -0.3 is 15.2 Å². The minimum absolute atomic E-state index is 0.0506. The summed E-state index contributed by atoms with van der Waals surface area (Å²) in [6, 6.07) is 8.45. The molecule has 0 spiro atoms. The van der Waals surface area contributed by atoms with Crippen LogP contribution in [0.2, 0.25) is 0 Å². The third kappa shape index (κ3) is 5.21. The Balaban J connectivity index is 2.67. The van der Waals surface area contributed by atoms with E-state index in [-0.39, 0.29) is 6.61 Å². The maximum atomic E-state index is 9.51. The SMILES string of the molecule is CC(C)NC(C)(CO)COc1cccc(C(C)C)c1. The third-order valence-corrected chi connectivity index (χ3v) is 3.07. The molecule has 3 nitrogen and oxygen atoms in total. The van der Waals surface area contributed by atoms with Crippen LogP contribution in [0.5, 0.6) is 5.75 Å². The summed E-state index contributed by atoms with van der Waals surface area (Å²) in [6.45, 7) is 10.9. The zero-order valence-electron chi connectivity index (χ0n) is 12.7. The fourth-order valence-corrected chi connectivity index (χ4v) is 2.04. The molecule has 0 aromatic heterocycles. The van der Waals surface area contributed by atoms with Crippen LogP contribution in [0, 0.1) is 0 Å². The van der Waals surface area contributed by atoms with Crippen molar-refractivity contribution in [2.45, 2.75) is 52.1 Å². The van der Waals surface area contributed by atoms with Crippen LogP contribution < -0.4 is 10.1 Å². The Hall–Kier alpha value is -1.06. The first-order valence-corrected chi connectivity index (χ1v) is 6.97. The molecule has 19 heavy (non-hydrogen) atoms. The number of aliphatic hydroxyl groups excluding tert-OH is 1. The maximum Gasteiger partial charge on any atom is 0.119 e. The van der Waals surface area contributed by atoms with Gasteiger partial charge in [0.15, 0.2) is 0 Å². The highest BCUT2D eigenvalue weighted by Gasteiger charge is 2.24. The van der Waals surface area contributed by atoms with E-state index in [2.05, 4.69) is 45.1 Å². The Bertz CT molecular complexity index is 390. The van der Waals surface area contributed by atoms with Gasteiger partial charge in [-0.2, -0.15) is 0 Å². The second-order valence-electron chi connectivity index (χ2n) is 6.03. The van der Waals surface area contributed by atoms with Gasteiger partial charge in [-0.15, -0.1) is 0 Å². The first-order chi connectivity index (χ1) is 8.86. The van der Waals surface area contributed by atoms with Gasteiger partial charge in [-0.25, -0.2) is 0 Å². The highest BCUT2D eigenvalue weighted by atomic mass is 16.5. The number of ether oxygens (including phenoxy) is 1. The van der Waals surface area contributed by atoms with Crippen molar-refractivity contribution in [3.05, 3.63) is 29.8 Å². The molecule has 1 unspecified atom stereocenters. The molecule has 0 aliphatic rings. The average Bonchev–Trinajstić information content (AvgIpc) is 2.36. The molecule has 0 amide bonds. The van der Waals surface area contributed by atoms with Crippen LogP contribution in [-0.2, 0) is 0 Å². The fourth-order valence-electron chi connectivity index (χ4n) is 2.04. The van der Waals surface area contributed by atoms with E-state index >= 15 is 0 Å². The van der Waals surface area contributed by atoms with Crippen molar-refractivity contribution in [2.24, 2.45) is 0 Å². The van der Waals surface area contributed by atoms with E-state index in [0.717, 1.165) is 5.75 Å². The van der Waals surface area contributed by atoms with Crippen LogP contribution >= 0.6 is 0 Å². The van der Waals surface area contributed by atoms with Gasteiger partial charge >= 0.3 is 0 Å². The molecule has 3 heteroatoms. The second kappa shape index (κ2) is 6.92. The summed E-state index contributed by atoms with van der Waals surface area (Å²) in [6.07, 6.45) is 0. The van der Waals surface area contributed by atoms with Gasteiger partial charge in [0.2, 0.25) is 0 Å². The number of benzene rings is 1. The normalized spacial score (nSPS) is 14.7. The monoisotopic (exact) mass is 265 g/mol. The van der Waals surface area contributed by atoms with Crippen LogP contribution in [0.4, 0.5) is 0 Å². The lowest BCUT2D eigenvalue weighted by molar-refractivity contribution is 0.109. The molecule has 0 aliphatic heterocycles. The molecule has 1 aromatic rings. The topological polar surface area (TPSA) is 41.5 Å². The molecule has 0 saturated heterocycles. The molecule has 0 bridgehead atoms. The maximum absolute atomic E-state index is 9.51. The number of hydrogen-bond acceptors (Lipinski definition) is 3. The molecule has 1 aromatic carbocycles. The molecule has 1 rings (SSSR count). The van der Waals surface area contributed by atoms with Crippen LogP contribution in [0.15, 0.2) is 24.3 Å². The Morgan fingerprint density at radius 2 is 1.95 bits per heavy atom. The van der Waals surface area contributed by atoms with Crippen molar-refractivity contribution < 1.29 is 9.84 Å². The first-order valence-electron chi connectivity index (χ1n) is 6.97. The van der Waals surface area contributed by atoms with E-state index in [0.29, 0.717) is 18.6 Å².